The third-order valence-corrected chi connectivity index (χ3v) is 3.61. The molecule has 0 spiro atoms. The Bertz CT molecular complexity index is 589. The van der Waals surface area contributed by atoms with Crippen molar-refractivity contribution in [1.29, 1.82) is 0 Å². The summed E-state index contributed by atoms with van der Waals surface area (Å²) in [6, 6.07) is 3.81. The maximum absolute atomic E-state index is 6.49. The van der Waals surface area contributed by atoms with Gasteiger partial charge >= 0.3 is 0 Å². The molecule has 0 saturated heterocycles. The minimum atomic E-state index is 0.360. The van der Waals surface area contributed by atoms with Gasteiger partial charge in [0, 0.05) is 16.1 Å². The van der Waals surface area contributed by atoms with E-state index in [0.29, 0.717) is 10.9 Å². The first kappa shape index (κ1) is 12.7. The van der Waals surface area contributed by atoms with Crippen molar-refractivity contribution >= 4 is 34.1 Å². The lowest BCUT2D eigenvalue weighted by atomic mass is 9.98. The first-order chi connectivity index (χ1) is 7.91. The monoisotopic (exact) mass is 267 g/mol. The predicted octanol–water partition coefficient (Wildman–Crippen LogP) is 5.28. The maximum atomic E-state index is 6.49. The lowest BCUT2D eigenvalue weighted by molar-refractivity contribution is 0.848. The third kappa shape index (κ3) is 2.14. The van der Waals surface area contributed by atoms with Gasteiger partial charge in [-0.15, -0.1) is 0 Å². The molecule has 0 radical (unpaired) electrons. The summed E-state index contributed by atoms with van der Waals surface area (Å²) < 4.78 is 0. The number of nitrogens with zero attached hydrogens (tertiary/aromatic N) is 1. The summed E-state index contributed by atoms with van der Waals surface area (Å²) in [6.45, 7) is 8.26. The third-order valence-electron chi connectivity index (χ3n) is 2.98. The zero-order valence-corrected chi connectivity index (χ0v) is 11.9. The van der Waals surface area contributed by atoms with Gasteiger partial charge in [0.1, 0.15) is 0 Å². The largest absolute Gasteiger partial charge is 0.252 e. The van der Waals surface area contributed by atoms with Gasteiger partial charge < -0.3 is 0 Å². The van der Waals surface area contributed by atoms with Gasteiger partial charge in [-0.05, 0) is 43.0 Å². The van der Waals surface area contributed by atoms with Gasteiger partial charge in [-0.3, -0.25) is 4.98 Å². The van der Waals surface area contributed by atoms with Crippen LogP contribution in [0.4, 0.5) is 0 Å². The fourth-order valence-corrected chi connectivity index (χ4v) is 3.03. The molecule has 17 heavy (non-hydrogen) atoms. The van der Waals surface area contributed by atoms with Crippen molar-refractivity contribution in [2.45, 2.75) is 33.6 Å². The maximum Gasteiger partial charge on any atom is 0.0750 e. The quantitative estimate of drug-likeness (QED) is 0.685. The Morgan fingerprint density at radius 2 is 1.76 bits per heavy atom. The van der Waals surface area contributed by atoms with Crippen LogP contribution >= 0.6 is 23.2 Å². The summed E-state index contributed by atoms with van der Waals surface area (Å²) in [5, 5.41) is 2.44. The van der Waals surface area contributed by atoms with Crippen LogP contribution in [-0.2, 0) is 0 Å². The molecule has 0 amide bonds. The van der Waals surface area contributed by atoms with Crippen LogP contribution in [0.15, 0.2) is 12.1 Å². The highest BCUT2D eigenvalue weighted by atomic mass is 35.5. The molecule has 1 nitrogen and oxygen atoms in total. The fraction of sp³-hybridized carbons (Fsp3) is 0.357. The number of fused-ring (bicyclic) bond motifs is 1. The molecule has 1 aromatic carbocycles. The number of benzene rings is 1. The van der Waals surface area contributed by atoms with Gasteiger partial charge in [0.15, 0.2) is 0 Å². The summed E-state index contributed by atoms with van der Waals surface area (Å²) in [5.41, 5.74) is 4.12. The van der Waals surface area contributed by atoms with Crippen LogP contribution in [0.2, 0.25) is 10.0 Å². The van der Waals surface area contributed by atoms with Gasteiger partial charge in [0.25, 0.3) is 0 Å². The Balaban J connectivity index is 2.92. The van der Waals surface area contributed by atoms with E-state index in [9.17, 15) is 0 Å². The summed E-state index contributed by atoms with van der Waals surface area (Å²) in [6.07, 6.45) is 0. The molecule has 2 rings (SSSR count). The SMILES string of the molecule is Cc1nc2c(C)cc(Cl)cc2c(Cl)c1C(C)C. The molecular formula is C14H15Cl2N. The standard InChI is InChI=1S/C14H15Cl2N/c1-7(2)12-9(4)17-14-8(3)5-10(15)6-11(14)13(12)16/h5-7H,1-4H3. The molecule has 2 aromatic rings. The van der Waals surface area contributed by atoms with Crippen molar-refractivity contribution in [3.8, 4) is 0 Å². The number of aryl methyl sites for hydroxylation is 2. The van der Waals surface area contributed by atoms with Crippen LogP contribution in [0.3, 0.4) is 0 Å². The van der Waals surface area contributed by atoms with Gasteiger partial charge in [-0.2, -0.15) is 0 Å². The summed E-state index contributed by atoms with van der Waals surface area (Å²) >= 11 is 12.6. The fourth-order valence-electron chi connectivity index (χ4n) is 2.25. The van der Waals surface area contributed by atoms with Crippen LogP contribution in [-0.4, -0.2) is 4.98 Å². The van der Waals surface area contributed by atoms with Crippen LogP contribution < -0.4 is 0 Å². The molecule has 0 saturated carbocycles. The predicted molar refractivity (Wildman–Crippen MR) is 75.3 cm³/mol. The average molecular weight is 268 g/mol. The minimum absolute atomic E-state index is 0.360. The van der Waals surface area contributed by atoms with E-state index in [4.69, 9.17) is 23.2 Å². The van der Waals surface area contributed by atoms with Crippen molar-refractivity contribution in [2.24, 2.45) is 0 Å². The average Bonchev–Trinajstić information content (AvgIpc) is 2.19. The van der Waals surface area contributed by atoms with Gasteiger partial charge in [0.05, 0.1) is 10.5 Å². The molecule has 1 heterocycles. The molecule has 90 valence electrons. The highest BCUT2D eigenvalue weighted by Gasteiger charge is 2.15. The van der Waals surface area contributed by atoms with E-state index < -0.39 is 0 Å². The van der Waals surface area contributed by atoms with Crippen LogP contribution in [0.25, 0.3) is 10.9 Å². The molecule has 0 aliphatic carbocycles. The second-order valence-corrected chi connectivity index (χ2v) is 5.51. The second-order valence-electron chi connectivity index (χ2n) is 4.70. The number of hydrogen-bond acceptors (Lipinski definition) is 1. The van der Waals surface area contributed by atoms with Crippen molar-refractivity contribution < 1.29 is 0 Å². The second kappa shape index (κ2) is 4.47. The normalized spacial score (nSPS) is 11.5. The Labute approximate surface area is 112 Å². The molecule has 0 unspecified atom stereocenters. The number of halogens is 2. The van der Waals surface area contributed by atoms with E-state index in [2.05, 4.69) is 18.8 Å². The van der Waals surface area contributed by atoms with E-state index in [0.717, 1.165) is 32.7 Å². The minimum Gasteiger partial charge on any atom is -0.252 e. The Kier molecular flexibility index (Phi) is 3.33. The zero-order chi connectivity index (χ0) is 12.7. The van der Waals surface area contributed by atoms with E-state index in [1.54, 1.807) is 0 Å². The van der Waals surface area contributed by atoms with Crippen molar-refractivity contribution in [3.05, 3.63) is 39.0 Å². The van der Waals surface area contributed by atoms with Crippen molar-refractivity contribution in [3.63, 3.8) is 0 Å². The number of hydrogen-bond donors (Lipinski definition) is 0. The van der Waals surface area contributed by atoms with Crippen LogP contribution in [0.1, 0.15) is 36.6 Å². The number of rotatable bonds is 1. The number of aromatic nitrogens is 1. The topological polar surface area (TPSA) is 12.9 Å². The zero-order valence-electron chi connectivity index (χ0n) is 10.4. The lowest BCUT2D eigenvalue weighted by Gasteiger charge is -2.15. The van der Waals surface area contributed by atoms with Gasteiger partial charge in [0.2, 0.25) is 0 Å². The molecule has 0 fully saturated rings. The van der Waals surface area contributed by atoms with Gasteiger partial charge in [-0.1, -0.05) is 37.0 Å². The summed E-state index contributed by atoms with van der Waals surface area (Å²) in [7, 11) is 0. The number of pyridine rings is 1. The van der Waals surface area contributed by atoms with E-state index >= 15 is 0 Å². The molecule has 0 aliphatic rings. The van der Waals surface area contributed by atoms with Crippen LogP contribution in [0, 0.1) is 13.8 Å². The Morgan fingerprint density at radius 1 is 1.12 bits per heavy atom. The molecule has 0 aliphatic heterocycles. The first-order valence-electron chi connectivity index (χ1n) is 5.67. The Morgan fingerprint density at radius 3 is 2.35 bits per heavy atom. The molecule has 3 heteroatoms. The molecule has 0 bridgehead atoms. The summed E-state index contributed by atoms with van der Waals surface area (Å²) in [4.78, 5) is 4.66. The smallest absolute Gasteiger partial charge is 0.0750 e. The summed E-state index contributed by atoms with van der Waals surface area (Å²) in [5.74, 6) is 0.360. The van der Waals surface area contributed by atoms with E-state index in [1.807, 2.05) is 26.0 Å². The highest BCUT2D eigenvalue weighted by molar-refractivity contribution is 6.37. The molecule has 0 N–H and O–H groups in total. The highest BCUT2D eigenvalue weighted by Crippen LogP contribution is 2.35. The van der Waals surface area contributed by atoms with Crippen molar-refractivity contribution in [2.75, 3.05) is 0 Å². The van der Waals surface area contributed by atoms with Gasteiger partial charge in [-0.25, -0.2) is 0 Å². The van der Waals surface area contributed by atoms with Crippen molar-refractivity contribution in [1.82, 2.24) is 4.98 Å². The molecule has 1 aromatic heterocycles. The lowest BCUT2D eigenvalue weighted by Crippen LogP contribution is -1.99. The molecule has 0 atom stereocenters. The molecular weight excluding hydrogens is 253 g/mol. The van der Waals surface area contributed by atoms with Crippen LogP contribution in [0.5, 0.6) is 0 Å². The van der Waals surface area contributed by atoms with E-state index in [1.165, 1.54) is 0 Å². The van der Waals surface area contributed by atoms with E-state index in [-0.39, 0.29) is 0 Å². The first-order valence-corrected chi connectivity index (χ1v) is 6.43. The Hall–Kier alpha value is -0.790.